The summed E-state index contributed by atoms with van der Waals surface area (Å²) in [6, 6.07) is 9.68. The first-order valence-electron chi connectivity index (χ1n) is 7.48. The van der Waals surface area contributed by atoms with E-state index in [-0.39, 0.29) is 0 Å². The summed E-state index contributed by atoms with van der Waals surface area (Å²) in [6.07, 6.45) is 4.78. The van der Waals surface area contributed by atoms with Gasteiger partial charge in [0.1, 0.15) is 0 Å². The van der Waals surface area contributed by atoms with Gasteiger partial charge in [-0.15, -0.1) is 0 Å². The molecule has 1 heteroatoms. The second-order valence-corrected chi connectivity index (χ2v) is 5.52. The van der Waals surface area contributed by atoms with E-state index in [4.69, 9.17) is 0 Å². The summed E-state index contributed by atoms with van der Waals surface area (Å²) >= 11 is 0. The Morgan fingerprint density at radius 3 is 2.44 bits per heavy atom. The van der Waals surface area contributed by atoms with Crippen molar-refractivity contribution >= 4 is 0 Å². The highest BCUT2D eigenvalue weighted by Gasteiger charge is 2.12. The topological polar surface area (TPSA) is 12.0 Å². The van der Waals surface area contributed by atoms with Crippen LogP contribution in [0.25, 0.3) is 0 Å². The molecule has 0 radical (unpaired) electrons. The lowest BCUT2D eigenvalue weighted by Gasteiger charge is -2.22. The first-order valence-corrected chi connectivity index (χ1v) is 7.48. The normalized spacial score (nSPS) is 12.9. The van der Waals surface area contributed by atoms with Crippen LogP contribution >= 0.6 is 0 Å². The lowest BCUT2D eigenvalue weighted by Crippen LogP contribution is -2.34. The number of aryl methyl sites for hydroxylation is 2. The van der Waals surface area contributed by atoms with E-state index in [1.165, 1.54) is 30.4 Å². The third-order valence-electron chi connectivity index (χ3n) is 3.60. The van der Waals surface area contributed by atoms with Gasteiger partial charge in [-0.3, -0.25) is 0 Å². The standard InChI is InChI=1S/C17H29N/c1-5-12-18-17(14(3)4)11-10-16-9-7-8-15(6-2)13-16/h7-9,13-14,17-18H,5-6,10-12H2,1-4H3. The third kappa shape index (κ3) is 5.22. The Morgan fingerprint density at radius 2 is 1.83 bits per heavy atom. The maximum Gasteiger partial charge on any atom is 0.00932 e. The molecule has 1 aromatic rings. The molecule has 0 saturated carbocycles. The molecule has 1 aromatic carbocycles. The molecule has 0 fully saturated rings. The van der Waals surface area contributed by atoms with Crippen molar-refractivity contribution < 1.29 is 0 Å². The van der Waals surface area contributed by atoms with Crippen LogP contribution in [0.1, 0.15) is 51.7 Å². The first kappa shape index (κ1) is 15.2. The molecule has 102 valence electrons. The second-order valence-electron chi connectivity index (χ2n) is 5.52. The summed E-state index contributed by atoms with van der Waals surface area (Å²) in [5, 5.41) is 3.67. The molecule has 0 heterocycles. The minimum Gasteiger partial charge on any atom is -0.314 e. The van der Waals surface area contributed by atoms with E-state index in [0.717, 1.165) is 13.0 Å². The van der Waals surface area contributed by atoms with E-state index in [1.807, 2.05) is 0 Å². The highest BCUT2D eigenvalue weighted by Crippen LogP contribution is 2.13. The Labute approximate surface area is 113 Å². The van der Waals surface area contributed by atoms with Gasteiger partial charge in [0.2, 0.25) is 0 Å². The summed E-state index contributed by atoms with van der Waals surface area (Å²) in [4.78, 5) is 0. The summed E-state index contributed by atoms with van der Waals surface area (Å²) in [5.74, 6) is 0.714. The van der Waals surface area contributed by atoms with Crippen LogP contribution in [-0.2, 0) is 12.8 Å². The fourth-order valence-corrected chi connectivity index (χ4v) is 2.33. The third-order valence-corrected chi connectivity index (χ3v) is 3.60. The number of benzene rings is 1. The van der Waals surface area contributed by atoms with Gasteiger partial charge in [-0.05, 0) is 49.3 Å². The van der Waals surface area contributed by atoms with E-state index < -0.39 is 0 Å². The molecule has 0 amide bonds. The molecule has 1 unspecified atom stereocenters. The SMILES string of the molecule is CCCNC(CCc1cccc(CC)c1)C(C)C. The summed E-state index contributed by atoms with van der Waals surface area (Å²) < 4.78 is 0. The molecule has 1 N–H and O–H groups in total. The monoisotopic (exact) mass is 247 g/mol. The van der Waals surface area contributed by atoms with E-state index in [0.29, 0.717) is 12.0 Å². The van der Waals surface area contributed by atoms with E-state index in [9.17, 15) is 0 Å². The highest BCUT2D eigenvalue weighted by atomic mass is 14.9. The Bertz CT molecular complexity index is 330. The van der Waals surface area contributed by atoms with Gasteiger partial charge in [0, 0.05) is 6.04 Å². The number of hydrogen-bond acceptors (Lipinski definition) is 1. The number of hydrogen-bond donors (Lipinski definition) is 1. The predicted octanol–water partition coefficient (Wildman–Crippen LogP) is 4.21. The lowest BCUT2D eigenvalue weighted by atomic mass is 9.95. The van der Waals surface area contributed by atoms with Crippen molar-refractivity contribution in [2.45, 2.75) is 59.4 Å². The molecule has 1 atom stereocenters. The average Bonchev–Trinajstić information content (AvgIpc) is 2.38. The zero-order valence-corrected chi connectivity index (χ0v) is 12.5. The van der Waals surface area contributed by atoms with Crippen molar-refractivity contribution in [1.82, 2.24) is 5.32 Å². The minimum atomic E-state index is 0.648. The molecule has 1 nitrogen and oxygen atoms in total. The van der Waals surface area contributed by atoms with Crippen molar-refractivity contribution in [3.05, 3.63) is 35.4 Å². The quantitative estimate of drug-likeness (QED) is 0.726. The first-order chi connectivity index (χ1) is 8.67. The lowest BCUT2D eigenvalue weighted by molar-refractivity contribution is 0.378. The van der Waals surface area contributed by atoms with Crippen molar-refractivity contribution in [1.29, 1.82) is 0 Å². The van der Waals surface area contributed by atoms with Gasteiger partial charge >= 0.3 is 0 Å². The summed E-state index contributed by atoms with van der Waals surface area (Å²) in [7, 11) is 0. The van der Waals surface area contributed by atoms with Crippen LogP contribution < -0.4 is 5.32 Å². The van der Waals surface area contributed by atoms with E-state index in [1.54, 1.807) is 0 Å². The van der Waals surface area contributed by atoms with Crippen LogP contribution in [-0.4, -0.2) is 12.6 Å². The molecule has 0 aliphatic rings. The van der Waals surface area contributed by atoms with Gasteiger partial charge in [-0.2, -0.15) is 0 Å². The highest BCUT2D eigenvalue weighted by molar-refractivity contribution is 5.23. The maximum absolute atomic E-state index is 3.67. The van der Waals surface area contributed by atoms with Gasteiger partial charge in [-0.1, -0.05) is 52.0 Å². The van der Waals surface area contributed by atoms with Crippen LogP contribution in [0.2, 0.25) is 0 Å². The van der Waals surface area contributed by atoms with E-state index in [2.05, 4.69) is 57.3 Å². The molecule has 18 heavy (non-hydrogen) atoms. The Hall–Kier alpha value is -0.820. The largest absolute Gasteiger partial charge is 0.314 e. The molecule has 0 aliphatic heterocycles. The smallest absolute Gasteiger partial charge is 0.00932 e. The number of nitrogens with one attached hydrogen (secondary N) is 1. The van der Waals surface area contributed by atoms with Crippen LogP contribution in [0.5, 0.6) is 0 Å². The zero-order chi connectivity index (χ0) is 13.4. The van der Waals surface area contributed by atoms with Gasteiger partial charge in [0.25, 0.3) is 0 Å². The average molecular weight is 247 g/mol. The molecule has 0 bridgehead atoms. The molecule has 0 spiro atoms. The van der Waals surface area contributed by atoms with E-state index >= 15 is 0 Å². The van der Waals surface area contributed by atoms with Crippen LogP contribution in [0.4, 0.5) is 0 Å². The Balaban J connectivity index is 2.49. The molecule has 1 rings (SSSR count). The van der Waals surface area contributed by atoms with Gasteiger partial charge in [-0.25, -0.2) is 0 Å². The summed E-state index contributed by atoms with van der Waals surface area (Å²) in [5.41, 5.74) is 2.94. The molecular formula is C17H29N. The van der Waals surface area contributed by atoms with Crippen LogP contribution in [0.15, 0.2) is 24.3 Å². The molecule has 0 aromatic heterocycles. The van der Waals surface area contributed by atoms with Gasteiger partial charge < -0.3 is 5.32 Å². The Morgan fingerprint density at radius 1 is 1.11 bits per heavy atom. The van der Waals surface area contributed by atoms with Crippen LogP contribution in [0, 0.1) is 5.92 Å². The predicted molar refractivity (Wildman–Crippen MR) is 81.1 cm³/mol. The fourth-order valence-electron chi connectivity index (χ4n) is 2.33. The fraction of sp³-hybridized carbons (Fsp3) is 0.647. The minimum absolute atomic E-state index is 0.648. The van der Waals surface area contributed by atoms with Crippen molar-refractivity contribution in [3.8, 4) is 0 Å². The second kappa shape index (κ2) is 8.31. The molecule has 0 aliphatic carbocycles. The molecular weight excluding hydrogens is 218 g/mol. The molecule has 0 saturated heterocycles. The van der Waals surface area contributed by atoms with Gasteiger partial charge in [0.15, 0.2) is 0 Å². The maximum atomic E-state index is 3.67. The van der Waals surface area contributed by atoms with Crippen molar-refractivity contribution in [2.75, 3.05) is 6.54 Å². The Kier molecular flexibility index (Phi) is 7.04. The zero-order valence-electron chi connectivity index (χ0n) is 12.5. The van der Waals surface area contributed by atoms with Gasteiger partial charge in [0.05, 0.1) is 0 Å². The van der Waals surface area contributed by atoms with Crippen molar-refractivity contribution in [2.24, 2.45) is 5.92 Å². The van der Waals surface area contributed by atoms with Crippen molar-refractivity contribution in [3.63, 3.8) is 0 Å². The van der Waals surface area contributed by atoms with Crippen LogP contribution in [0.3, 0.4) is 0 Å². The summed E-state index contributed by atoms with van der Waals surface area (Å²) in [6.45, 7) is 10.2. The number of rotatable bonds is 8.